The van der Waals surface area contributed by atoms with Crippen LogP contribution in [-0.4, -0.2) is 56.7 Å². The van der Waals surface area contributed by atoms with Crippen LogP contribution in [0.1, 0.15) is 54.3 Å². The Kier molecular flexibility index (Phi) is 6.48. The predicted octanol–water partition coefficient (Wildman–Crippen LogP) is 3.44. The van der Waals surface area contributed by atoms with Gasteiger partial charge in [-0.25, -0.2) is 4.79 Å². The van der Waals surface area contributed by atoms with Gasteiger partial charge in [0.1, 0.15) is 17.9 Å². The number of hydrogen-bond donors (Lipinski definition) is 3. The number of nitrogens with zero attached hydrogens (tertiary/aromatic N) is 1. The van der Waals surface area contributed by atoms with Gasteiger partial charge in [-0.3, -0.25) is 9.36 Å². The number of carboxylic acids is 1. The molecule has 2 aromatic carbocycles. The minimum absolute atomic E-state index is 0.123. The Hall–Kier alpha value is -2.85. The van der Waals surface area contributed by atoms with Gasteiger partial charge in [0.2, 0.25) is 6.29 Å². The first kappa shape index (κ1) is 24.5. The maximum Gasteiger partial charge on any atom is 0.327 e. The number of hydrogen-bond acceptors (Lipinski definition) is 7. The van der Waals surface area contributed by atoms with E-state index in [9.17, 15) is 24.9 Å². The van der Waals surface area contributed by atoms with E-state index in [0.29, 0.717) is 36.7 Å². The summed E-state index contributed by atoms with van der Waals surface area (Å²) in [5.41, 5.74) is 2.84. The molecule has 3 heterocycles. The zero-order chi connectivity index (χ0) is 25.7. The third kappa shape index (κ3) is 4.54. The molecule has 0 radical (unpaired) electrons. The molecule has 194 valence electrons. The lowest BCUT2D eigenvalue weighted by Gasteiger charge is -2.33. The van der Waals surface area contributed by atoms with Crippen LogP contribution in [0.25, 0.3) is 10.8 Å². The first-order valence-electron chi connectivity index (χ1n) is 12.7. The molecule has 9 heteroatoms. The Morgan fingerprint density at radius 2 is 1.86 bits per heavy atom. The van der Waals surface area contributed by atoms with Crippen molar-refractivity contribution in [2.45, 2.75) is 67.6 Å². The molecule has 3 aromatic rings. The van der Waals surface area contributed by atoms with Gasteiger partial charge in [0, 0.05) is 17.2 Å². The van der Waals surface area contributed by atoms with Crippen LogP contribution in [0, 0.1) is 0 Å². The average molecular weight is 524 g/mol. The summed E-state index contributed by atoms with van der Waals surface area (Å²) >= 11 is 1.47. The van der Waals surface area contributed by atoms with E-state index in [4.69, 9.17) is 9.47 Å². The average Bonchev–Trinajstić information content (AvgIpc) is 3.63. The second-order valence-electron chi connectivity index (χ2n) is 10.1. The van der Waals surface area contributed by atoms with Crippen molar-refractivity contribution in [1.82, 2.24) is 4.57 Å². The van der Waals surface area contributed by atoms with Crippen LogP contribution in [0.5, 0.6) is 5.75 Å². The highest BCUT2D eigenvalue weighted by Crippen LogP contribution is 2.49. The zero-order valence-electron chi connectivity index (χ0n) is 20.2. The number of rotatable bonds is 7. The third-order valence-corrected chi connectivity index (χ3v) is 8.69. The first-order chi connectivity index (χ1) is 17.9. The van der Waals surface area contributed by atoms with E-state index in [2.05, 4.69) is 0 Å². The molecule has 0 spiro atoms. The van der Waals surface area contributed by atoms with Crippen LogP contribution in [0.3, 0.4) is 0 Å². The largest absolute Gasteiger partial charge is 0.480 e. The number of carbonyl (C=O) groups is 1. The molecular weight excluding hydrogens is 494 g/mol. The smallest absolute Gasteiger partial charge is 0.327 e. The van der Waals surface area contributed by atoms with Gasteiger partial charge in [0.25, 0.3) is 5.56 Å². The molecule has 1 saturated carbocycles. The highest BCUT2D eigenvalue weighted by molar-refractivity contribution is 7.99. The number of aromatic nitrogens is 1. The summed E-state index contributed by atoms with van der Waals surface area (Å²) in [6, 6.07) is 12.5. The van der Waals surface area contributed by atoms with E-state index in [-0.39, 0.29) is 18.3 Å². The summed E-state index contributed by atoms with van der Waals surface area (Å²) in [5, 5.41) is 32.2. The molecule has 37 heavy (non-hydrogen) atoms. The lowest BCUT2D eigenvalue weighted by Crippen LogP contribution is -2.43. The number of ether oxygens (including phenoxy) is 2. The number of fused-ring (bicyclic) bond motifs is 2. The van der Waals surface area contributed by atoms with Crippen molar-refractivity contribution < 1.29 is 29.6 Å². The van der Waals surface area contributed by atoms with Crippen LogP contribution < -0.4 is 10.3 Å². The standard InChI is InChI=1S/C28H29NO7S/c30-13-18-8-9-22(31)28(35-18)36-23-10-7-16(19-3-1-2-4-20(19)23)11-17-12-24(32)29-21(27(33)34)14-37-26(29)25(17)15-5-6-15/h1-4,7,10,12,15,18,21-22,28,30-31H,5-6,8-9,11,13-14H2,(H,33,34)/t18-,21?,22-,28?/m0/s1. The van der Waals surface area contributed by atoms with E-state index in [0.717, 1.165) is 45.3 Å². The molecule has 6 rings (SSSR count). The van der Waals surface area contributed by atoms with Gasteiger partial charge in [-0.2, -0.15) is 0 Å². The monoisotopic (exact) mass is 523 g/mol. The number of thioether (sulfide) groups is 1. The maximum absolute atomic E-state index is 13.1. The van der Waals surface area contributed by atoms with E-state index in [1.807, 2.05) is 36.4 Å². The summed E-state index contributed by atoms with van der Waals surface area (Å²) in [5.74, 6) is 0.338. The Morgan fingerprint density at radius 3 is 2.59 bits per heavy atom. The minimum Gasteiger partial charge on any atom is -0.480 e. The Bertz CT molecular complexity index is 1420. The Balaban J connectivity index is 1.36. The van der Waals surface area contributed by atoms with Gasteiger partial charge < -0.3 is 24.8 Å². The summed E-state index contributed by atoms with van der Waals surface area (Å²) in [7, 11) is 0. The van der Waals surface area contributed by atoms with Crippen molar-refractivity contribution in [3.8, 4) is 5.75 Å². The van der Waals surface area contributed by atoms with Gasteiger partial charge in [-0.1, -0.05) is 30.3 Å². The fourth-order valence-corrected chi connectivity index (χ4v) is 6.89. The van der Waals surface area contributed by atoms with Crippen LogP contribution in [-0.2, 0) is 16.0 Å². The maximum atomic E-state index is 13.1. The summed E-state index contributed by atoms with van der Waals surface area (Å²) in [6.07, 6.45) is 1.69. The number of carboxylic acid groups (broad SMARTS) is 1. The van der Waals surface area contributed by atoms with Gasteiger partial charge in [0.05, 0.1) is 17.7 Å². The summed E-state index contributed by atoms with van der Waals surface area (Å²) < 4.78 is 13.3. The van der Waals surface area contributed by atoms with Gasteiger partial charge in [0.15, 0.2) is 0 Å². The fourth-order valence-electron chi connectivity index (χ4n) is 5.48. The topological polar surface area (TPSA) is 118 Å². The molecule has 0 bridgehead atoms. The van der Waals surface area contributed by atoms with Crippen molar-refractivity contribution in [2.24, 2.45) is 0 Å². The van der Waals surface area contributed by atoms with Crippen molar-refractivity contribution in [1.29, 1.82) is 0 Å². The quantitative estimate of drug-likeness (QED) is 0.431. The zero-order valence-corrected chi connectivity index (χ0v) is 21.0. The van der Waals surface area contributed by atoms with Crippen molar-refractivity contribution in [2.75, 3.05) is 12.4 Å². The first-order valence-corrected chi connectivity index (χ1v) is 13.7. The second-order valence-corrected chi connectivity index (χ2v) is 11.1. The molecule has 0 amide bonds. The molecular formula is C28H29NO7S. The third-order valence-electron chi connectivity index (χ3n) is 7.52. The van der Waals surface area contributed by atoms with Gasteiger partial charge >= 0.3 is 5.97 Å². The van der Waals surface area contributed by atoms with Crippen molar-refractivity contribution >= 4 is 28.5 Å². The molecule has 2 unspecified atom stereocenters. The Labute approximate surface area is 217 Å². The number of aliphatic carboxylic acids is 1. The van der Waals surface area contributed by atoms with E-state index < -0.39 is 24.4 Å². The molecule has 3 N–H and O–H groups in total. The van der Waals surface area contributed by atoms with E-state index in [1.165, 1.54) is 16.3 Å². The highest BCUT2D eigenvalue weighted by atomic mass is 32.2. The molecule has 2 aliphatic heterocycles. The van der Waals surface area contributed by atoms with E-state index in [1.54, 1.807) is 6.07 Å². The fraction of sp³-hybridized carbons (Fsp3) is 0.429. The number of benzene rings is 2. The lowest BCUT2D eigenvalue weighted by atomic mass is 9.94. The molecule has 4 atom stereocenters. The minimum atomic E-state index is -0.971. The highest BCUT2D eigenvalue weighted by Gasteiger charge is 2.38. The number of aliphatic hydroxyl groups excluding tert-OH is 2. The molecule has 3 aliphatic rings. The van der Waals surface area contributed by atoms with E-state index >= 15 is 0 Å². The molecule has 1 aromatic heterocycles. The number of aliphatic hydroxyl groups is 2. The van der Waals surface area contributed by atoms with Crippen molar-refractivity contribution in [3.63, 3.8) is 0 Å². The molecule has 2 fully saturated rings. The van der Waals surface area contributed by atoms with Crippen molar-refractivity contribution in [3.05, 3.63) is 69.5 Å². The van der Waals surface area contributed by atoms with Crippen LogP contribution in [0.2, 0.25) is 0 Å². The predicted molar refractivity (Wildman–Crippen MR) is 138 cm³/mol. The normalized spacial score (nSPS) is 25.2. The van der Waals surface area contributed by atoms with Crippen LogP contribution in [0.15, 0.2) is 52.3 Å². The van der Waals surface area contributed by atoms with Crippen LogP contribution in [0.4, 0.5) is 0 Å². The van der Waals surface area contributed by atoms with Crippen LogP contribution >= 0.6 is 11.8 Å². The molecule has 8 nitrogen and oxygen atoms in total. The molecule has 1 aliphatic carbocycles. The Morgan fingerprint density at radius 1 is 1.08 bits per heavy atom. The van der Waals surface area contributed by atoms with Gasteiger partial charge in [-0.15, -0.1) is 11.8 Å². The second kappa shape index (κ2) is 9.79. The summed E-state index contributed by atoms with van der Waals surface area (Å²) in [6.45, 7) is -0.123. The SMILES string of the molecule is O=C(O)C1CSc2c(C3CC3)c(Cc3ccc(OC4O[C@H](CO)CC[C@@H]4O)c4ccccc34)cc(=O)n21. The molecule has 1 saturated heterocycles. The number of pyridine rings is 1. The summed E-state index contributed by atoms with van der Waals surface area (Å²) in [4.78, 5) is 24.8. The van der Waals surface area contributed by atoms with Gasteiger partial charge in [-0.05, 0) is 66.2 Å². The lowest BCUT2D eigenvalue weighted by molar-refractivity contribution is -0.208.